The molecule has 0 aliphatic carbocycles. The molecule has 0 aromatic heterocycles. The number of nitrogens with zero attached hydrogens (tertiary/aromatic N) is 2. The number of hydrogen-bond acceptors (Lipinski definition) is 5. The number of methoxy groups -OCH3 is 1. The second-order valence-electron chi connectivity index (χ2n) is 9.76. The van der Waals surface area contributed by atoms with E-state index in [0.29, 0.717) is 35.0 Å². The quantitative estimate of drug-likeness (QED) is 0.355. The number of benzene rings is 2. The molecule has 2 rings (SSSR count). The van der Waals surface area contributed by atoms with E-state index in [-0.39, 0.29) is 43.7 Å². The zero-order valence-electron chi connectivity index (χ0n) is 23.2. The van der Waals surface area contributed by atoms with Gasteiger partial charge in [0, 0.05) is 31.1 Å². The Morgan fingerprint density at radius 3 is 2.42 bits per heavy atom. The summed E-state index contributed by atoms with van der Waals surface area (Å²) >= 11 is 6.23. The highest BCUT2D eigenvalue weighted by atomic mass is 35.5. The van der Waals surface area contributed by atoms with Crippen LogP contribution in [0.5, 0.6) is 5.75 Å². The Labute approximate surface area is 232 Å². The number of carbonyl (C=O) groups is 2. The topological polar surface area (TPSA) is 96.0 Å². The molecule has 0 spiro atoms. The second kappa shape index (κ2) is 14.4. The van der Waals surface area contributed by atoms with Crippen LogP contribution in [0.1, 0.15) is 51.2 Å². The molecule has 0 heterocycles. The molecule has 0 radical (unpaired) electrons. The van der Waals surface area contributed by atoms with Crippen molar-refractivity contribution in [1.29, 1.82) is 0 Å². The standard InChI is InChI=1S/C28H40ClN3O5S/c1-7-25(28(34)30-18-20(2)3)31(19-22-11-8-12-23(17-22)37-5)27(33)15-10-16-32(38(6,35)36)26-14-9-13-24(29)21(26)4/h8-9,11-14,17,20,25H,7,10,15-16,18-19H2,1-6H3,(H,30,34). The van der Waals surface area contributed by atoms with E-state index in [1.165, 1.54) is 4.31 Å². The van der Waals surface area contributed by atoms with Crippen LogP contribution in [0, 0.1) is 12.8 Å². The molecule has 38 heavy (non-hydrogen) atoms. The summed E-state index contributed by atoms with van der Waals surface area (Å²) in [5.74, 6) is 0.504. The number of carbonyl (C=O) groups excluding carboxylic acids is 2. The summed E-state index contributed by atoms with van der Waals surface area (Å²) in [5.41, 5.74) is 1.97. The van der Waals surface area contributed by atoms with Crippen LogP contribution in [-0.4, -0.2) is 57.6 Å². The Hall–Kier alpha value is -2.78. The van der Waals surface area contributed by atoms with Gasteiger partial charge in [-0.05, 0) is 61.1 Å². The van der Waals surface area contributed by atoms with Crippen LogP contribution in [-0.2, 0) is 26.2 Å². The van der Waals surface area contributed by atoms with Crippen LogP contribution in [0.4, 0.5) is 5.69 Å². The summed E-state index contributed by atoms with van der Waals surface area (Å²) in [6.07, 6.45) is 1.92. The van der Waals surface area contributed by atoms with Crippen LogP contribution in [0.3, 0.4) is 0 Å². The first-order valence-corrected chi connectivity index (χ1v) is 15.0. The molecule has 1 unspecified atom stereocenters. The van der Waals surface area contributed by atoms with Crippen LogP contribution >= 0.6 is 11.6 Å². The summed E-state index contributed by atoms with van der Waals surface area (Å²) in [5, 5.41) is 3.41. The lowest BCUT2D eigenvalue weighted by atomic mass is 10.1. The molecule has 1 N–H and O–H groups in total. The van der Waals surface area contributed by atoms with E-state index in [9.17, 15) is 18.0 Å². The fourth-order valence-corrected chi connectivity index (χ4v) is 5.34. The van der Waals surface area contributed by atoms with Gasteiger partial charge in [-0.25, -0.2) is 8.42 Å². The van der Waals surface area contributed by atoms with Crippen molar-refractivity contribution in [3.8, 4) is 5.75 Å². The van der Waals surface area contributed by atoms with E-state index in [1.54, 1.807) is 37.1 Å². The minimum Gasteiger partial charge on any atom is -0.497 e. The number of hydrogen-bond donors (Lipinski definition) is 1. The predicted molar refractivity (Wildman–Crippen MR) is 153 cm³/mol. The minimum atomic E-state index is -3.61. The molecule has 210 valence electrons. The molecule has 0 aliphatic rings. The van der Waals surface area contributed by atoms with Gasteiger partial charge in [0.1, 0.15) is 11.8 Å². The SMILES string of the molecule is CCC(C(=O)NCC(C)C)N(Cc1cccc(OC)c1)C(=O)CCCN(c1cccc(Cl)c1C)S(C)(=O)=O. The Balaban J connectivity index is 2.26. The highest BCUT2D eigenvalue weighted by Gasteiger charge is 2.29. The summed E-state index contributed by atoms with van der Waals surface area (Å²) in [4.78, 5) is 28.2. The largest absolute Gasteiger partial charge is 0.497 e. The molecule has 8 nitrogen and oxygen atoms in total. The van der Waals surface area contributed by atoms with Crippen molar-refractivity contribution in [2.24, 2.45) is 5.92 Å². The molecule has 2 aromatic carbocycles. The van der Waals surface area contributed by atoms with Gasteiger partial charge in [-0.2, -0.15) is 0 Å². The Morgan fingerprint density at radius 2 is 1.82 bits per heavy atom. The van der Waals surface area contributed by atoms with Gasteiger partial charge in [0.2, 0.25) is 21.8 Å². The first kappa shape index (κ1) is 31.4. The molecule has 10 heteroatoms. The van der Waals surface area contributed by atoms with Gasteiger partial charge in [0.15, 0.2) is 0 Å². The number of sulfonamides is 1. The average Bonchev–Trinajstić information content (AvgIpc) is 2.86. The van der Waals surface area contributed by atoms with Crippen LogP contribution < -0.4 is 14.4 Å². The van der Waals surface area contributed by atoms with E-state index >= 15 is 0 Å². The lowest BCUT2D eigenvalue weighted by Crippen LogP contribution is -2.49. The van der Waals surface area contributed by atoms with Gasteiger partial charge in [-0.1, -0.05) is 50.6 Å². The highest BCUT2D eigenvalue weighted by molar-refractivity contribution is 7.92. The number of rotatable bonds is 14. The van der Waals surface area contributed by atoms with E-state index in [1.807, 2.05) is 45.0 Å². The molecular weight excluding hydrogens is 526 g/mol. The van der Waals surface area contributed by atoms with Crippen LogP contribution in [0.2, 0.25) is 5.02 Å². The van der Waals surface area contributed by atoms with Gasteiger partial charge in [0.05, 0.1) is 19.1 Å². The Kier molecular flexibility index (Phi) is 11.9. The number of anilines is 1. The van der Waals surface area contributed by atoms with Gasteiger partial charge in [0.25, 0.3) is 0 Å². The average molecular weight is 566 g/mol. The molecule has 0 saturated carbocycles. The molecule has 0 saturated heterocycles. The minimum absolute atomic E-state index is 0.0730. The third kappa shape index (κ3) is 8.91. The first-order chi connectivity index (χ1) is 17.9. The first-order valence-electron chi connectivity index (χ1n) is 12.8. The van der Waals surface area contributed by atoms with Crippen LogP contribution in [0.15, 0.2) is 42.5 Å². The fraction of sp³-hybridized carbons (Fsp3) is 0.500. The van der Waals surface area contributed by atoms with Crippen molar-refractivity contribution < 1.29 is 22.7 Å². The van der Waals surface area contributed by atoms with E-state index in [0.717, 1.165) is 11.8 Å². The molecule has 1 atom stereocenters. The maximum absolute atomic E-state index is 13.6. The molecule has 0 fully saturated rings. The van der Waals surface area contributed by atoms with Crippen molar-refractivity contribution in [1.82, 2.24) is 10.2 Å². The smallest absolute Gasteiger partial charge is 0.242 e. The summed E-state index contributed by atoms with van der Waals surface area (Å²) in [6.45, 7) is 8.50. The van der Waals surface area contributed by atoms with Gasteiger partial charge in [-0.3, -0.25) is 13.9 Å². The number of halogens is 1. The molecule has 2 amide bonds. The maximum Gasteiger partial charge on any atom is 0.242 e. The van der Waals surface area contributed by atoms with Crippen molar-refractivity contribution in [2.45, 2.75) is 59.5 Å². The maximum atomic E-state index is 13.6. The Morgan fingerprint density at radius 1 is 1.13 bits per heavy atom. The summed E-state index contributed by atoms with van der Waals surface area (Å²) < 4.78 is 31.8. The zero-order valence-corrected chi connectivity index (χ0v) is 24.7. The third-order valence-electron chi connectivity index (χ3n) is 6.22. The lowest BCUT2D eigenvalue weighted by Gasteiger charge is -2.31. The molecule has 0 aliphatic heterocycles. The van der Waals surface area contributed by atoms with E-state index in [4.69, 9.17) is 16.3 Å². The molecule has 0 bridgehead atoms. The summed E-state index contributed by atoms with van der Waals surface area (Å²) in [7, 11) is -2.04. The molecular formula is C28H40ClN3O5S. The summed E-state index contributed by atoms with van der Waals surface area (Å²) in [6, 6.07) is 11.8. The van der Waals surface area contributed by atoms with Crippen molar-refractivity contribution in [3.05, 3.63) is 58.6 Å². The highest BCUT2D eigenvalue weighted by Crippen LogP contribution is 2.28. The third-order valence-corrected chi connectivity index (χ3v) is 7.81. The number of amides is 2. The number of nitrogens with one attached hydrogen (secondary N) is 1. The van der Waals surface area contributed by atoms with Crippen molar-refractivity contribution in [3.63, 3.8) is 0 Å². The zero-order chi connectivity index (χ0) is 28.5. The predicted octanol–water partition coefficient (Wildman–Crippen LogP) is 4.78. The normalized spacial score (nSPS) is 12.2. The van der Waals surface area contributed by atoms with Gasteiger partial charge < -0.3 is 15.0 Å². The molecule has 2 aromatic rings. The van der Waals surface area contributed by atoms with Crippen molar-refractivity contribution >= 4 is 39.1 Å². The van der Waals surface area contributed by atoms with Crippen molar-refractivity contribution in [2.75, 3.05) is 30.8 Å². The van der Waals surface area contributed by atoms with Crippen LogP contribution in [0.25, 0.3) is 0 Å². The second-order valence-corrected chi connectivity index (χ2v) is 12.1. The fourth-order valence-electron chi connectivity index (χ4n) is 4.16. The number of ether oxygens (including phenoxy) is 1. The Bertz CT molecular complexity index is 1200. The lowest BCUT2D eigenvalue weighted by molar-refractivity contribution is -0.141. The monoisotopic (exact) mass is 565 g/mol. The van der Waals surface area contributed by atoms with Gasteiger partial charge >= 0.3 is 0 Å². The van der Waals surface area contributed by atoms with E-state index in [2.05, 4.69) is 5.32 Å². The van der Waals surface area contributed by atoms with Gasteiger partial charge in [-0.15, -0.1) is 0 Å². The van der Waals surface area contributed by atoms with E-state index < -0.39 is 16.1 Å².